The van der Waals surface area contributed by atoms with Crippen molar-refractivity contribution >= 4 is 11.7 Å². The number of rotatable bonds is 6. The lowest BCUT2D eigenvalue weighted by Crippen LogP contribution is -2.12. The number of carbonyl (C=O) groups excluding carboxylic acids is 1. The molecule has 0 fully saturated rings. The molecule has 0 atom stereocenters. The summed E-state index contributed by atoms with van der Waals surface area (Å²) in [6.45, 7) is 4.78. The van der Waals surface area contributed by atoms with Gasteiger partial charge in [0.15, 0.2) is 5.69 Å². The number of halogens is 1. The predicted octanol–water partition coefficient (Wildman–Crippen LogP) is 4.16. The van der Waals surface area contributed by atoms with Gasteiger partial charge in [-0.2, -0.15) is 0 Å². The second-order valence-electron chi connectivity index (χ2n) is 6.15. The first-order chi connectivity index (χ1) is 12.5. The van der Waals surface area contributed by atoms with E-state index >= 15 is 0 Å². The van der Waals surface area contributed by atoms with Gasteiger partial charge in [0, 0.05) is 11.1 Å². The van der Waals surface area contributed by atoms with Crippen LogP contribution in [0.25, 0.3) is 11.3 Å². The molecule has 0 bridgehead atoms. The molecule has 1 heterocycles. The number of anilines is 1. The van der Waals surface area contributed by atoms with E-state index < -0.39 is 11.7 Å². The van der Waals surface area contributed by atoms with Crippen molar-refractivity contribution in [3.63, 3.8) is 0 Å². The Hall–Kier alpha value is -3.22. The molecule has 6 nitrogen and oxygen atoms in total. The Balaban J connectivity index is 1.73. The maximum Gasteiger partial charge on any atom is 0.256 e. The molecule has 0 saturated carbocycles. The Bertz CT molecular complexity index is 874. The van der Waals surface area contributed by atoms with E-state index in [9.17, 15) is 9.18 Å². The van der Waals surface area contributed by atoms with Crippen LogP contribution in [0.1, 0.15) is 24.2 Å². The van der Waals surface area contributed by atoms with E-state index in [0.29, 0.717) is 23.8 Å². The van der Waals surface area contributed by atoms with Crippen molar-refractivity contribution in [3.8, 4) is 17.0 Å². The molecular formula is C19H18FN3O3. The third kappa shape index (κ3) is 4.24. The molecular weight excluding hydrogens is 337 g/mol. The van der Waals surface area contributed by atoms with Gasteiger partial charge in [-0.05, 0) is 64.8 Å². The summed E-state index contributed by atoms with van der Waals surface area (Å²) in [5.41, 5.74) is 1.42. The van der Waals surface area contributed by atoms with Gasteiger partial charge in [-0.15, -0.1) is 0 Å². The highest BCUT2D eigenvalue weighted by Crippen LogP contribution is 2.26. The van der Waals surface area contributed by atoms with Gasteiger partial charge in [-0.3, -0.25) is 4.79 Å². The quantitative estimate of drug-likeness (QED) is 0.718. The zero-order valence-electron chi connectivity index (χ0n) is 14.4. The molecule has 1 aromatic heterocycles. The topological polar surface area (TPSA) is 77.2 Å². The first-order valence-corrected chi connectivity index (χ1v) is 8.15. The number of benzene rings is 2. The highest BCUT2D eigenvalue weighted by molar-refractivity contribution is 6.05. The summed E-state index contributed by atoms with van der Waals surface area (Å²) < 4.78 is 23.4. The van der Waals surface area contributed by atoms with Crippen LogP contribution in [0.4, 0.5) is 10.2 Å². The predicted molar refractivity (Wildman–Crippen MR) is 94.4 cm³/mol. The molecule has 1 N–H and O–H groups in total. The van der Waals surface area contributed by atoms with Crippen LogP contribution < -0.4 is 10.1 Å². The summed E-state index contributed by atoms with van der Waals surface area (Å²) in [6, 6.07) is 12.5. The van der Waals surface area contributed by atoms with E-state index in [4.69, 9.17) is 9.37 Å². The van der Waals surface area contributed by atoms with E-state index in [1.165, 1.54) is 24.3 Å². The Labute approximate surface area is 149 Å². The number of amides is 1. The first kappa shape index (κ1) is 17.6. The van der Waals surface area contributed by atoms with Crippen molar-refractivity contribution < 1.29 is 18.6 Å². The molecule has 7 heteroatoms. The molecule has 0 aliphatic carbocycles. The second kappa shape index (κ2) is 7.77. The first-order valence-electron chi connectivity index (χ1n) is 8.15. The summed E-state index contributed by atoms with van der Waals surface area (Å²) in [6.07, 6.45) is 0. The fourth-order valence-corrected chi connectivity index (χ4v) is 2.21. The minimum absolute atomic E-state index is 0.190. The molecule has 0 saturated heterocycles. The van der Waals surface area contributed by atoms with E-state index in [2.05, 4.69) is 29.5 Å². The van der Waals surface area contributed by atoms with Crippen LogP contribution in [0.2, 0.25) is 0 Å². The normalized spacial score (nSPS) is 10.8. The van der Waals surface area contributed by atoms with E-state index in [1.807, 2.05) is 24.3 Å². The zero-order valence-corrected chi connectivity index (χ0v) is 14.4. The van der Waals surface area contributed by atoms with E-state index in [1.54, 1.807) is 0 Å². The lowest BCUT2D eigenvalue weighted by molar-refractivity contribution is 0.102. The standard InChI is InChI=1S/C19H18FN3O3/c1-12(2)11-25-16-9-5-13(6-10-16)17-18(23-26-22-17)21-19(24)14-3-7-15(20)8-4-14/h3-10,12H,11H2,1-2H3,(H,21,23,24). The molecule has 134 valence electrons. The number of hydrogen-bond acceptors (Lipinski definition) is 5. The number of aromatic nitrogens is 2. The summed E-state index contributed by atoms with van der Waals surface area (Å²) in [4.78, 5) is 12.2. The van der Waals surface area contributed by atoms with Crippen LogP contribution in [-0.2, 0) is 0 Å². The number of carbonyl (C=O) groups is 1. The molecule has 0 spiro atoms. The van der Waals surface area contributed by atoms with Crippen LogP contribution in [0.3, 0.4) is 0 Å². The van der Waals surface area contributed by atoms with Crippen molar-refractivity contribution in [1.82, 2.24) is 10.3 Å². The van der Waals surface area contributed by atoms with Crippen LogP contribution in [0.5, 0.6) is 5.75 Å². The van der Waals surface area contributed by atoms with Gasteiger partial charge in [0.25, 0.3) is 5.91 Å². The van der Waals surface area contributed by atoms with Crippen molar-refractivity contribution in [2.24, 2.45) is 5.92 Å². The average Bonchev–Trinajstić information content (AvgIpc) is 3.09. The van der Waals surface area contributed by atoms with Gasteiger partial charge < -0.3 is 10.1 Å². The number of nitrogens with zero attached hydrogens (tertiary/aromatic N) is 2. The largest absolute Gasteiger partial charge is 0.493 e. The van der Waals surface area contributed by atoms with Crippen molar-refractivity contribution in [1.29, 1.82) is 0 Å². The molecule has 0 unspecified atom stereocenters. The highest BCUT2D eigenvalue weighted by atomic mass is 19.1. The monoisotopic (exact) mass is 355 g/mol. The van der Waals surface area contributed by atoms with Crippen molar-refractivity contribution in [2.75, 3.05) is 11.9 Å². The molecule has 2 aromatic carbocycles. The average molecular weight is 355 g/mol. The third-order valence-electron chi connectivity index (χ3n) is 3.54. The van der Waals surface area contributed by atoms with Gasteiger partial charge in [-0.1, -0.05) is 13.8 Å². The third-order valence-corrected chi connectivity index (χ3v) is 3.54. The lowest BCUT2D eigenvalue weighted by Gasteiger charge is -2.09. The van der Waals surface area contributed by atoms with Gasteiger partial charge in [0.05, 0.1) is 6.61 Å². The SMILES string of the molecule is CC(C)COc1ccc(-c2nonc2NC(=O)c2ccc(F)cc2)cc1. The fraction of sp³-hybridized carbons (Fsp3) is 0.211. The Morgan fingerprint density at radius 1 is 1.12 bits per heavy atom. The van der Waals surface area contributed by atoms with E-state index in [0.717, 1.165) is 11.3 Å². The van der Waals surface area contributed by atoms with Crippen molar-refractivity contribution in [2.45, 2.75) is 13.8 Å². The summed E-state index contributed by atoms with van der Waals surface area (Å²) in [5.74, 6) is 0.526. The van der Waals surface area contributed by atoms with Crippen molar-refractivity contribution in [3.05, 3.63) is 59.9 Å². The number of hydrogen-bond donors (Lipinski definition) is 1. The zero-order chi connectivity index (χ0) is 18.5. The minimum atomic E-state index is -0.432. The van der Waals surface area contributed by atoms with Crippen LogP contribution in [0.15, 0.2) is 53.2 Å². The Kier molecular flexibility index (Phi) is 5.26. The molecule has 3 rings (SSSR count). The van der Waals surface area contributed by atoms with E-state index in [-0.39, 0.29) is 5.82 Å². The Morgan fingerprint density at radius 2 is 1.81 bits per heavy atom. The highest BCUT2D eigenvalue weighted by Gasteiger charge is 2.16. The maximum absolute atomic E-state index is 13.0. The van der Waals surface area contributed by atoms with Crippen LogP contribution in [-0.4, -0.2) is 22.8 Å². The molecule has 3 aromatic rings. The second-order valence-corrected chi connectivity index (χ2v) is 6.15. The number of ether oxygens (including phenoxy) is 1. The molecule has 0 aliphatic rings. The van der Waals surface area contributed by atoms with Gasteiger partial charge >= 0.3 is 0 Å². The smallest absolute Gasteiger partial charge is 0.256 e. The molecule has 1 amide bonds. The molecule has 0 radical (unpaired) electrons. The van der Waals surface area contributed by atoms with Crippen LogP contribution >= 0.6 is 0 Å². The summed E-state index contributed by atoms with van der Waals surface area (Å²) in [7, 11) is 0. The van der Waals surface area contributed by atoms with Gasteiger partial charge in [0.1, 0.15) is 11.6 Å². The summed E-state index contributed by atoms with van der Waals surface area (Å²) >= 11 is 0. The molecule has 0 aliphatic heterocycles. The number of nitrogens with one attached hydrogen (secondary N) is 1. The van der Waals surface area contributed by atoms with Crippen LogP contribution in [0, 0.1) is 11.7 Å². The fourth-order valence-electron chi connectivity index (χ4n) is 2.21. The van der Waals surface area contributed by atoms with Gasteiger partial charge in [-0.25, -0.2) is 9.02 Å². The van der Waals surface area contributed by atoms with Gasteiger partial charge in [0.2, 0.25) is 5.82 Å². The summed E-state index contributed by atoms with van der Waals surface area (Å²) in [5, 5.41) is 10.2. The maximum atomic E-state index is 13.0. The minimum Gasteiger partial charge on any atom is -0.493 e. The Morgan fingerprint density at radius 3 is 2.46 bits per heavy atom. The molecule has 26 heavy (non-hydrogen) atoms. The lowest BCUT2D eigenvalue weighted by atomic mass is 10.1.